The molecule has 0 aromatic carbocycles. The number of nitrogens with zero attached hydrogens (tertiary/aromatic N) is 3. The highest BCUT2D eigenvalue weighted by atomic mass is 15.2. The van der Waals surface area contributed by atoms with Gasteiger partial charge in [-0.2, -0.15) is 0 Å². The van der Waals surface area contributed by atoms with Crippen LogP contribution >= 0.6 is 0 Å². The SMILES string of the molecule is c1nc(N2CCCC3(CCCCCN3)C2)c2cc[nH]c2n1. The quantitative estimate of drug-likeness (QED) is 0.845. The Kier molecular flexibility index (Phi) is 3.30. The maximum Gasteiger partial charge on any atom is 0.142 e. The van der Waals surface area contributed by atoms with Gasteiger partial charge in [0, 0.05) is 24.8 Å². The molecule has 112 valence electrons. The van der Waals surface area contributed by atoms with Crippen LogP contribution in [0.1, 0.15) is 38.5 Å². The number of aromatic nitrogens is 3. The van der Waals surface area contributed by atoms with E-state index in [1.54, 1.807) is 6.33 Å². The summed E-state index contributed by atoms with van der Waals surface area (Å²) >= 11 is 0. The first-order chi connectivity index (χ1) is 10.4. The predicted molar refractivity (Wildman–Crippen MR) is 84.5 cm³/mol. The van der Waals surface area contributed by atoms with E-state index in [1.165, 1.54) is 38.5 Å². The third-order valence-corrected chi connectivity index (χ3v) is 5.04. The molecule has 2 aliphatic heterocycles. The van der Waals surface area contributed by atoms with Crippen molar-refractivity contribution in [3.8, 4) is 0 Å². The molecule has 0 radical (unpaired) electrons. The molecular formula is C16H23N5. The standard InChI is InChI=1S/C16H23N5/c1-2-6-16(20-8-3-1)7-4-10-21(11-16)15-13-5-9-17-14(13)18-12-19-15/h5,9,12,20H,1-4,6-8,10-11H2,(H,17,18,19). The fraction of sp³-hybridized carbons (Fsp3) is 0.625. The Bertz CT molecular complexity index is 612. The van der Waals surface area contributed by atoms with Crippen LogP contribution in [0, 0.1) is 0 Å². The molecule has 1 spiro atoms. The Morgan fingerprint density at radius 3 is 3.05 bits per heavy atom. The molecule has 21 heavy (non-hydrogen) atoms. The maximum absolute atomic E-state index is 4.57. The van der Waals surface area contributed by atoms with E-state index in [4.69, 9.17) is 0 Å². The lowest BCUT2D eigenvalue weighted by Gasteiger charge is -2.43. The van der Waals surface area contributed by atoms with Crippen LogP contribution in [0.4, 0.5) is 5.82 Å². The second-order valence-corrected chi connectivity index (χ2v) is 6.48. The van der Waals surface area contributed by atoms with Crippen LogP contribution in [-0.2, 0) is 0 Å². The summed E-state index contributed by atoms with van der Waals surface area (Å²) in [4.78, 5) is 14.5. The monoisotopic (exact) mass is 285 g/mol. The van der Waals surface area contributed by atoms with Crippen LogP contribution < -0.4 is 10.2 Å². The van der Waals surface area contributed by atoms with Crippen molar-refractivity contribution in [1.29, 1.82) is 0 Å². The van der Waals surface area contributed by atoms with E-state index >= 15 is 0 Å². The van der Waals surface area contributed by atoms with Crippen LogP contribution in [-0.4, -0.2) is 40.1 Å². The van der Waals surface area contributed by atoms with E-state index < -0.39 is 0 Å². The van der Waals surface area contributed by atoms with Gasteiger partial charge in [0.1, 0.15) is 17.8 Å². The second-order valence-electron chi connectivity index (χ2n) is 6.48. The number of hydrogen-bond donors (Lipinski definition) is 2. The number of hydrogen-bond acceptors (Lipinski definition) is 4. The molecule has 0 saturated carbocycles. The van der Waals surface area contributed by atoms with Gasteiger partial charge in [0.2, 0.25) is 0 Å². The van der Waals surface area contributed by atoms with Gasteiger partial charge in [0.05, 0.1) is 5.39 Å². The van der Waals surface area contributed by atoms with Gasteiger partial charge >= 0.3 is 0 Å². The fourth-order valence-corrected chi connectivity index (χ4v) is 3.98. The highest BCUT2D eigenvalue weighted by Gasteiger charge is 2.36. The van der Waals surface area contributed by atoms with Crippen molar-refractivity contribution < 1.29 is 0 Å². The molecule has 4 heterocycles. The number of aromatic amines is 1. The van der Waals surface area contributed by atoms with Gasteiger partial charge in [-0.25, -0.2) is 9.97 Å². The molecule has 2 aromatic heterocycles. The highest BCUT2D eigenvalue weighted by molar-refractivity contribution is 5.87. The zero-order valence-electron chi connectivity index (χ0n) is 12.4. The van der Waals surface area contributed by atoms with E-state index in [0.717, 1.165) is 36.5 Å². The van der Waals surface area contributed by atoms with Crippen LogP contribution in [0.15, 0.2) is 18.6 Å². The normalized spacial score (nSPS) is 27.1. The van der Waals surface area contributed by atoms with Gasteiger partial charge in [0.15, 0.2) is 0 Å². The molecule has 4 rings (SSSR count). The summed E-state index contributed by atoms with van der Waals surface area (Å²) in [5, 5.41) is 4.99. The number of fused-ring (bicyclic) bond motifs is 1. The van der Waals surface area contributed by atoms with Gasteiger partial charge in [-0.3, -0.25) is 0 Å². The van der Waals surface area contributed by atoms with Gasteiger partial charge in [-0.1, -0.05) is 12.8 Å². The topological polar surface area (TPSA) is 56.8 Å². The second kappa shape index (κ2) is 5.30. The Morgan fingerprint density at radius 2 is 2.05 bits per heavy atom. The zero-order chi connectivity index (χ0) is 14.1. The van der Waals surface area contributed by atoms with Crippen molar-refractivity contribution in [1.82, 2.24) is 20.3 Å². The van der Waals surface area contributed by atoms with Crippen LogP contribution in [0.2, 0.25) is 0 Å². The first-order valence-corrected chi connectivity index (χ1v) is 8.14. The molecule has 1 atom stereocenters. The minimum atomic E-state index is 0.294. The Balaban J connectivity index is 1.64. The lowest BCUT2D eigenvalue weighted by Crippen LogP contribution is -2.57. The van der Waals surface area contributed by atoms with Gasteiger partial charge in [-0.15, -0.1) is 0 Å². The molecule has 2 N–H and O–H groups in total. The molecule has 5 nitrogen and oxygen atoms in total. The van der Waals surface area contributed by atoms with E-state index in [9.17, 15) is 0 Å². The average Bonchev–Trinajstić information content (AvgIpc) is 2.89. The van der Waals surface area contributed by atoms with Crippen molar-refractivity contribution in [2.45, 2.75) is 44.1 Å². The smallest absolute Gasteiger partial charge is 0.142 e. The average molecular weight is 285 g/mol. The number of piperidine rings is 1. The molecule has 2 aromatic rings. The molecule has 0 bridgehead atoms. The highest BCUT2D eigenvalue weighted by Crippen LogP contribution is 2.32. The molecular weight excluding hydrogens is 262 g/mol. The molecule has 2 saturated heterocycles. The van der Waals surface area contributed by atoms with Gasteiger partial charge < -0.3 is 15.2 Å². The molecule has 5 heteroatoms. The summed E-state index contributed by atoms with van der Waals surface area (Å²) in [6.45, 7) is 3.34. The van der Waals surface area contributed by atoms with Crippen molar-refractivity contribution in [3.05, 3.63) is 18.6 Å². The number of H-pyrrole nitrogens is 1. The van der Waals surface area contributed by atoms with Crippen molar-refractivity contribution in [2.24, 2.45) is 0 Å². The minimum Gasteiger partial charge on any atom is -0.354 e. The molecule has 0 aliphatic carbocycles. The molecule has 0 amide bonds. The number of anilines is 1. The van der Waals surface area contributed by atoms with Crippen molar-refractivity contribution in [3.63, 3.8) is 0 Å². The summed E-state index contributed by atoms with van der Waals surface area (Å²) < 4.78 is 0. The first kappa shape index (κ1) is 13.1. The number of nitrogens with one attached hydrogen (secondary N) is 2. The Hall–Kier alpha value is -1.62. The zero-order valence-corrected chi connectivity index (χ0v) is 12.4. The van der Waals surface area contributed by atoms with E-state index in [-0.39, 0.29) is 0 Å². The van der Waals surface area contributed by atoms with Crippen LogP contribution in [0.3, 0.4) is 0 Å². The minimum absolute atomic E-state index is 0.294. The summed E-state index contributed by atoms with van der Waals surface area (Å²) in [6, 6.07) is 2.09. The van der Waals surface area contributed by atoms with Crippen LogP contribution in [0.5, 0.6) is 0 Å². The largest absolute Gasteiger partial charge is 0.354 e. The van der Waals surface area contributed by atoms with Crippen molar-refractivity contribution in [2.75, 3.05) is 24.5 Å². The molecule has 2 aliphatic rings. The summed E-state index contributed by atoms with van der Waals surface area (Å²) in [7, 11) is 0. The molecule has 1 unspecified atom stereocenters. The fourth-order valence-electron chi connectivity index (χ4n) is 3.98. The Labute approximate surface area is 125 Å². The predicted octanol–water partition coefficient (Wildman–Crippen LogP) is 2.46. The third kappa shape index (κ3) is 2.39. The summed E-state index contributed by atoms with van der Waals surface area (Å²) in [6.07, 6.45) is 11.5. The molecule has 2 fully saturated rings. The third-order valence-electron chi connectivity index (χ3n) is 5.04. The van der Waals surface area contributed by atoms with E-state index in [0.29, 0.717) is 5.54 Å². The van der Waals surface area contributed by atoms with Crippen LogP contribution in [0.25, 0.3) is 11.0 Å². The summed E-state index contributed by atoms with van der Waals surface area (Å²) in [5.41, 5.74) is 1.23. The lowest BCUT2D eigenvalue weighted by atomic mass is 9.85. The van der Waals surface area contributed by atoms with Crippen molar-refractivity contribution >= 4 is 16.9 Å². The first-order valence-electron chi connectivity index (χ1n) is 8.14. The summed E-state index contributed by atoms with van der Waals surface area (Å²) in [5.74, 6) is 1.09. The van der Waals surface area contributed by atoms with E-state index in [1.807, 2.05) is 6.20 Å². The lowest BCUT2D eigenvalue weighted by molar-refractivity contribution is 0.263. The maximum atomic E-state index is 4.57. The van der Waals surface area contributed by atoms with Gasteiger partial charge in [-0.05, 0) is 38.3 Å². The Morgan fingerprint density at radius 1 is 1.10 bits per heavy atom. The van der Waals surface area contributed by atoms with E-state index in [2.05, 4.69) is 31.2 Å². The van der Waals surface area contributed by atoms with Gasteiger partial charge in [0.25, 0.3) is 0 Å². The number of rotatable bonds is 1.